The lowest BCUT2D eigenvalue weighted by atomic mass is 10.0. The second-order valence-electron chi connectivity index (χ2n) is 5.59. The summed E-state index contributed by atoms with van der Waals surface area (Å²) in [6, 6.07) is 3.75. The topological polar surface area (TPSA) is 97.3 Å². The molecule has 122 valence electrons. The first-order valence-electron chi connectivity index (χ1n) is 7.38. The minimum Gasteiger partial charge on any atom is -0.376 e. The smallest absolute Gasteiger partial charge is 0.288 e. The number of nitrogens with one attached hydrogen (secondary N) is 1. The zero-order chi connectivity index (χ0) is 16.6. The largest absolute Gasteiger partial charge is 0.376 e. The van der Waals surface area contributed by atoms with E-state index in [1.807, 2.05) is 0 Å². The Morgan fingerprint density at radius 2 is 2.35 bits per heavy atom. The molecule has 3 rings (SSSR count). The Morgan fingerprint density at radius 3 is 3.00 bits per heavy atom. The number of nitrogens with two attached hydrogens (primary N) is 1. The van der Waals surface area contributed by atoms with Crippen molar-refractivity contribution >= 4 is 55.4 Å². The fourth-order valence-electron chi connectivity index (χ4n) is 2.97. The minimum absolute atomic E-state index is 0.0573. The fourth-order valence-corrected chi connectivity index (χ4v) is 4.12. The number of benzene rings is 1. The number of thiazole rings is 1. The van der Waals surface area contributed by atoms with Crippen molar-refractivity contribution in [2.75, 3.05) is 16.8 Å². The van der Waals surface area contributed by atoms with E-state index in [1.54, 1.807) is 12.1 Å². The average Bonchev–Trinajstić information content (AvgIpc) is 2.89. The fraction of sp³-hybridized carbons (Fsp3) is 0.429. The number of hydrogen-bond donors (Lipinski definition) is 2. The van der Waals surface area contributed by atoms with Gasteiger partial charge in [-0.05, 0) is 44.5 Å². The molecule has 23 heavy (non-hydrogen) atoms. The van der Waals surface area contributed by atoms with E-state index in [0.29, 0.717) is 21.4 Å². The first-order valence-corrected chi connectivity index (χ1v) is 8.61. The highest BCUT2D eigenvalue weighted by molar-refractivity contribution is 7.80. The summed E-state index contributed by atoms with van der Waals surface area (Å²) in [6.45, 7) is 3.11. The van der Waals surface area contributed by atoms with Crippen molar-refractivity contribution in [1.82, 2.24) is 4.98 Å². The van der Waals surface area contributed by atoms with Gasteiger partial charge in [0.15, 0.2) is 10.2 Å². The van der Waals surface area contributed by atoms with Gasteiger partial charge in [-0.2, -0.15) is 0 Å². The maximum Gasteiger partial charge on any atom is 0.288 e. The summed E-state index contributed by atoms with van der Waals surface area (Å²) in [4.78, 5) is 17.7. The normalized spacial score (nSPS) is 18.1. The quantitative estimate of drug-likeness (QED) is 0.498. The lowest BCUT2D eigenvalue weighted by Gasteiger charge is -2.35. The Balaban J connectivity index is 2.14. The molecule has 0 bridgehead atoms. The van der Waals surface area contributed by atoms with Gasteiger partial charge >= 0.3 is 0 Å². The van der Waals surface area contributed by atoms with Gasteiger partial charge in [0.2, 0.25) is 0 Å². The number of anilines is 2. The van der Waals surface area contributed by atoms with Crippen molar-refractivity contribution in [1.29, 1.82) is 0 Å². The molecule has 0 radical (unpaired) electrons. The van der Waals surface area contributed by atoms with Crippen LogP contribution in [0, 0.1) is 10.1 Å². The van der Waals surface area contributed by atoms with Crippen molar-refractivity contribution in [3.63, 3.8) is 0 Å². The van der Waals surface area contributed by atoms with Gasteiger partial charge in [-0.15, -0.1) is 0 Å². The maximum absolute atomic E-state index is 11.3. The monoisotopic (exact) mass is 351 g/mol. The molecule has 0 saturated carbocycles. The molecule has 0 amide bonds. The third-order valence-corrected chi connectivity index (χ3v) is 5.14. The Bertz CT molecular complexity index is 776. The molecule has 1 unspecified atom stereocenters. The third kappa shape index (κ3) is 3.06. The summed E-state index contributed by atoms with van der Waals surface area (Å²) in [6.07, 6.45) is 3.44. The Hall–Kier alpha value is -2.00. The molecule has 0 spiro atoms. The van der Waals surface area contributed by atoms with Crippen LogP contribution in [-0.4, -0.2) is 27.6 Å². The van der Waals surface area contributed by atoms with Crippen LogP contribution in [0.1, 0.15) is 26.2 Å². The molecular formula is C14H17N5O2S2. The molecule has 1 aliphatic rings. The number of rotatable bonds is 3. The van der Waals surface area contributed by atoms with E-state index in [1.165, 1.54) is 17.8 Å². The van der Waals surface area contributed by atoms with E-state index in [2.05, 4.69) is 22.1 Å². The van der Waals surface area contributed by atoms with Crippen LogP contribution < -0.4 is 16.0 Å². The molecule has 2 aromatic rings. The van der Waals surface area contributed by atoms with Crippen LogP contribution in [0.2, 0.25) is 0 Å². The number of fused-ring (bicyclic) bond motifs is 1. The molecular weight excluding hydrogens is 334 g/mol. The van der Waals surface area contributed by atoms with Crippen molar-refractivity contribution in [2.45, 2.75) is 32.2 Å². The van der Waals surface area contributed by atoms with Crippen LogP contribution in [0.5, 0.6) is 0 Å². The first-order chi connectivity index (χ1) is 11.0. The SMILES string of the molecule is CC1CCCCN1c1ccc([N+](=O)[O-])c2sc(NC(N)=S)nc12. The van der Waals surface area contributed by atoms with Crippen LogP contribution in [0.25, 0.3) is 10.2 Å². The highest BCUT2D eigenvalue weighted by atomic mass is 32.1. The summed E-state index contributed by atoms with van der Waals surface area (Å²) in [5, 5.41) is 14.7. The molecule has 1 aromatic heterocycles. The average molecular weight is 351 g/mol. The standard InChI is InChI=1S/C14H17N5O2S2/c1-8-4-2-3-7-18(8)9-5-6-10(19(20)21)12-11(9)16-14(23-12)17-13(15)22/h5-6,8H,2-4,7H2,1H3,(H3,15,16,17,22). The predicted octanol–water partition coefficient (Wildman–Crippen LogP) is 3.24. The summed E-state index contributed by atoms with van der Waals surface area (Å²) < 4.78 is 0.545. The van der Waals surface area contributed by atoms with Gasteiger partial charge in [0.25, 0.3) is 5.69 Å². The second kappa shape index (κ2) is 6.25. The van der Waals surface area contributed by atoms with Crippen LogP contribution in [0.3, 0.4) is 0 Å². The number of non-ortho nitro benzene ring substituents is 1. The Morgan fingerprint density at radius 1 is 1.57 bits per heavy atom. The number of nitrogens with zero attached hydrogens (tertiary/aromatic N) is 3. The third-order valence-electron chi connectivity index (χ3n) is 4.04. The van der Waals surface area contributed by atoms with Crippen molar-refractivity contribution < 1.29 is 4.92 Å². The highest BCUT2D eigenvalue weighted by Gasteiger charge is 2.25. The van der Waals surface area contributed by atoms with E-state index < -0.39 is 0 Å². The van der Waals surface area contributed by atoms with Gasteiger partial charge in [0.05, 0.1) is 10.6 Å². The molecule has 2 heterocycles. The lowest BCUT2D eigenvalue weighted by molar-refractivity contribution is -0.382. The Kier molecular flexibility index (Phi) is 4.31. The van der Waals surface area contributed by atoms with E-state index >= 15 is 0 Å². The van der Waals surface area contributed by atoms with Gasteiger partial charge in [-0.1, -0.05) is 11.3 Å². The predicted molar refractivity (Wildman–Crippen MR) is 97.3 cm³/mol. The van der Waals surface area contributed by atoms with Crippen LogP contribution in [0.4, 0.5) is 16.5 Å². The summed E-state index contributed by atoms with van der Waals surface area (Å²) >= 11 is 6.03. The van der Waals surface area contributed by atoms with Crippen LogP contribution >= 0.6 is 23.6 Å². The molecule has 9 heteroatoms. The number of nitro benzene ring substituents is 1. The summed E-state index contributed by atoms with van der Waals surface area (Å²) in [7, 11) is 0. The number of hydrogen-bond acceptors (Lipinski definition) is 6. The zero-order valence-electron chi connectivity index (χ0n) is 12.6. The molecule has 1 aromatic carbocycles. The lowest BCUT2D eigenvalue weighted by Crippen LogP contribution is -2.37. The second-order valence-corrected chi connectivity index (χ2v) is 7.02. The molecule has 7 nitrogen and oxygen atoms in total. The van der Waals surface area contributed by atoms with E-state index in [9.17, 15) is 10.1 Å². The molecule has 0 aliphatic carbocycles. The van der Waals surface area contributed by atoms with Crippen molar-refractivity contribution in [3.05, 3.63) is 22.2 Å². The molecule has 1 saturated heterocycles. The minimum atomic E-state index is -0.380. The van der Waals surface area contributed by atoms with E-state index in [-0.39, 0.29) is 15.7 Å². The van der Waals surface area contributed by atoms with Crippen LogP contribution in [-0.2, 0) is 0 Å². The summed E-state index contributed by atoms with van der Waals surface area (Å²) in [5.41, 5.74) is 7.12. The number of thiocarbonyl (C=S) groups is 1. The van der Waals surface area contributed by atoms with E-state index in [0.717, 1.165) is 25.1 Å². The number of piperidine rings is 1. The summed E-state index contributed by atoms with van der Waals surface area (Å²) in [5.74, 6) is 0. The van der Waals surface area contributed by atoms with E-state index in [4.69, 9.17) is 18.0 Å². The van der Waals surface area contributed by atoms with Gasteiger partial charge in [0, 0.05) is 18.7 Å². The molecule has 1 fully saturated rings. The molecule has 1 aliphatic heterocycles. The number of aromatic nitrogens is 1. The van der Waals surface area contributed by atoms with Gasteiger partial charge < -0.3 is 16.0 Å². The van der Waals surface area contributed by atoms with Gasteiger partial charge in [-0.25, -0.2) is 4.98 Å². The van der Waals surface area contributed by atoms with Crippen LogP contribution in [0.15, 0.2) is 12.1 Å². The van der Waals surface area contributed by atoms with Gasteiger partial charge in [0.1, 0.15) is 10.2 Å². The maximum atomic E-state index is 11.3. The highest BCUT2D eigenvalue weighted by Crippen LogP contribution is 2.40. The van der Waals surface area contributed by atoms with Gasteiger partial charge in [-0.3, -0.25) is 10.1 Å². The zero-order valence-corrected chi connectivity index (χ0v) is 14.2. The van der Waals surface area contributed by atoms with Crippen molar-refractivity contribution in [3.8, 4) is 0 Å². The Labute approximate surface area is 142 Å². The van der Waals surface area contributed by atoms with Crippen molar-refractivity contribution in [2.24, 2.45) is 5.73 Å². The first kappa shape index (κ1) is 15.9. The molecule has 3 N–H and O–H groups in total. The molecule has 1 atom stereocenters. The number of nitro groups is 1.